The molecule has 1 aliphatic heterocycles. The van der Waals surface area contributed by atoms with Crippen molar-refractivity contribution in [2.75, 3.05) is 20.0 Å². The number of amides is 2. The molecule has 4 atom stereocenters. The number of carbonyl (C=O) groups excluding carboxylic acids is 5. The molecule has 0 radical (unpaired) electrons. The smallest absolute Gasteiger partial charge is 0.422 e. The first kappa shape index (κ1) is 40.7. The number of fused-ring (bicyclic) bond motifs is 1. The number of alkyl halides is 3. The van der Waals surface area contributed by atoms with Crippen LogP contribution >= 0.6 is 0 Å². The summed E-state index contributed by atoms with van der Waals surface area (Å²) >= 11 is 0. The van der Waals surface area contributed by atoms with Crippen LogP contribution in [0.5, 0.6) is 0 Å². The number of aliphatic hydroxyl groups excluding tert-OH is 1. The molecule has 2 amide bonds. The summed E-state index contributed by atoms with van der Waals surface area (Å²) < 4.78 is 63.2. The van der Waals surface area contributed by atoms with E-state index >= 15 is 0 Å². The van der Waals surface area contributed by atoms with Crippen molar-refractivity contribution in [3.63, 3.8) is 0 Å². The van der Waals surface area contributed by atoms with Crippen LogP contribution in [0.15, 0.2) is 66.3 Å². The molecular weight excluding hydrogens is 705 g/mol. The summed E-state index contributed by atoms with van der Waals surface area (Å²) in [5, 5.41) is 15.2. The summed E-state index contributed by atoms with van der Waals surface area (Å²) in [5.74, 6) is -3.38. The predicted octanol–water partition coefficient (Wildman–Crippen LogP) is 3.93. The zero-order chi connectivity index (χ0) is 38.8. The van der Waals surface area contributed by atoms with Gasteiger partial charge >= 0.3 is 24.1 Å². The molecule has 2 aromatic rings. The Labute approximate surface area is 303 Å². The van der Waals surface area contributed by atoms with Crippen LogP contribution in [0, 0.1) is 0 Å². The molecule has 2 aliphatic rings. The molecule has 0 bridgehead atoms. The van der Waals surface area contributed by atoms with Gasteiger partial charge < -0.3 is 39.4 Å². The molecule has 4 unspecified atom stereocenters. The van der Waals surface area contributed by atoms with Gasteiger partial charge in [-0.2, -0.15) is 13.2 Å². The Balaban J connectivity index is 1.32. The van der Waals surface area contributed by atoms with Gasteiger partial charge in [0, 0.05) is 36.6 Å². The van der Waals surface area contributed by atoms with E-state index in [2.05, 4.69) is 15.4 Å². The van der Waals surface area contributed by atoms with Crippen LogP contribution in [0.3, 0.4) is 0 Å². The molecule has 0 saturated carbocycles. The van der Waals surface area contributed by atoms with Crippen LogP contribution in [-0.4, -0.2) is 91.0 Å². The maximum absolute atomic E-state index is 13.3. The highest BCUT2D eigenvalue weighted by molar-refractivity contribution is 5.95. The molecule has 0 aromatic heterocycles. The van der Waals surface area contributed by atoms with Gasteiger partial charge in [0.25, 0.3) is 5.91 Å². The van der Waals surface area contributed by atoms with E-state index in [0.29, 0.717) is 11.1 Å². The lowest BCUT2D eigenvalue weighted by molar-refractivity contribution is -0.182. The minimum absolute atomic E-state index is 0.00694. The molecule has 1 heterocycles. The topological polar surface area (TPSA) is 176 Å². The van der Waals surface area contributed by atoms with Gasteiger partial charge in [-0.1, -0.05) is 24.3 Å². The van der Waals surface area contributed by atoms with Crippen LogP contribution in [-0.2, 0) is 44.6 Å². The lowest BCUT2D eigenvalue weighted by Crippen LogP contribution is -2.43. The number of carbonyl (C=O) groups is 5. The summed E-state index contributed by atoms with van der Waals surface area (Å²) in [6.07, 6.45) is -3.20. The molecule has 1 fully saturated rings. The number of hydrogen-bond donors (Lipinski definition) is 3. The van der Waals surface area contributed by atoms with Crippen LogP contribution < -0.4 is 10.6 Å². The number of aliphatic hydroxyl groups is 1. The highest BCUT2D eigenvalue weighted by Gasteiger charge is 2.42. The summed E-state index contributed by atoms with van der Waals surface area (Å²) in [5.41, 5.74) is 0.881. The van der Waals surface area contributed by atoms with Gasteiger partial charge in [0.05, 0.1) is 18.2 Å². The highest BCUT2D eigenvalue weighted by atomic mass is 19.4. The van der Waals surface area contributed by atoms with E-state index in [1.165, 1.54) is 30.3 Å². The van der Waals surface area contributed by atoms with Gasteiger partial charge in [-0.05, 0) is 74.7 Å². The van der Waals surface area contributed by atoms with E-state index in [0.717, 1.165) is 6.08 Å². The normalized spacial score (nSPS) is 19.1. The Morgan fingerprint density at radius 2 is 1.74 bits per heavy atom. The second-order valence-corrected chi connectivity index (χ2v) is 13.3. The van der Waals surface area contributed by atoms with E-state index in [9.17, 15) is 42.3 Å². The zero-order valence-electron chi connectivity index (χ0n) is 29.3. The van der Waals surface area contributed by atoms with Crippen molar-refractivity contribution >= 4 is 35.8 Å². The molecule has 53 heavy (non-hydrogen) atoms. The zero-order valence-corrected chi connectivity index (χ0v) is 29.3. The van der Waals surface area contributed by atoms with E-state index in [-0.39, 0.29) is 55.9 Å². The van der Waals surface area contributed by atoms with Gasteiger partial charge in [-0.25, -0.2) is 9.59 Å². The summed E-state index contributed by atoms with van der Waals surface area (Å²) in [4.78, 5) is 63.0. The monoisotopic (exact) mass is 746 g/mol. The second kappa shape index (κ2) is 18.1. The Morgan fingerprint density at radius 3 is 2.45 bits per heavy atom. The predicted molar refractivity (Wildman–Crippen MR) is 181 cm³/mol. The van der Waals surface area contributed by atoms with Gasteiger partial charge in [0.1, 0.15) is 30.7 Å². The van der Waals surface area contributed by atoms with Crippen molar-refractivity contribution < 1.29 is 65.9 Å². The Bertz CT molecular complexity index is 1720. The number of benzene rings is 2. The number of esters is 3. The molecule has 16 heteroatoms. The Kier molecular flexibility index (Phi) is 13.9. The molecule has 1 aliphatic carbocycles. The quantitative estimate of drug-likeness (QED) is 0.145. The van der Waals surface area contributed by atoms with E-state index in [1.807, 2.05) is 0 Å². The second-order valence-electron chi connectivity index (χ2n) is 13.3. The maximum Gasteiger partial charge on any atom is 0.422 e. The molecule has 286 valence electrons. The minimum Gasteiger partial charge on any atom is -0.460 e. The number of nitrogens with one attached hydrogen (secondary N) is 2. The van der Waals surface area contributed by atoms with E-state index < -0.39 is 72.5 Å². The first-order chi connectivity index (χ1) is 25.0. The molecule has 3 N–H and O–H groups in total. The first-order valence-electron chi connectivity index (χ1n) is 16.7. The molecular formula is C37H41F3N2O11. The largest absolute Gasteiger partial charge is 0.460 e. The van der Waals surface area contributed by atoms with Crippen molar-refractivity contribution in [3.8, 4) is 0 Å². The lowest BCUT2D eigenvalue weighted by Gasteiger charge is -2.30. The van der Waals surface area contributed by atoms with Crippen molar-refractivity contribution in [1.82, 2.24) is 10.6 Å². The summed E-state index contributed by atoms with van der Waals surface area (Å²) in [6, 6.07) is 11.6. The van der Waals surface area contributed by atoms with E-state index in [1.54, 1.807) is 51.1 Å². The minimum atomic E-state index is -4.67. The van der Waals surface area contributed by atoms with Gasteiger partial charge in [-0.3, -0.25) is 14.4 Å². The van der Waals surface area contributed by atoms with Crippen LogP contribution in [0.4, 0.5) is 13.2 Å². The summed E-state index contributed by atoms with van der Waals surface area (Å²) in [7, 11) is 0. The van der Waals surface area contributed by atoms with Crippen molar-refractivity contribution in [1.29, 1.82) is 0 Å². The standard InChI is InChI=1S/C37H41F3N2O11/c1-36(2,3)53-31(45)13-11-27(19-43)42-34(47)24-8-5-7-23(15-24)18-41-33(46)26-16-28-32(51-21-50-28)29(17-26)52-35(48)25-9-4-6-22(14-25)10-12-30(44)49-20-37(38,39)40/h4-10,12,14-16,27-29,32,43H,11,13,17-21H2,1-3H3,(H,41,46)(H,42,47). The Morgan fingerprint density at radius 1 is 1.00 bits per heavy atom. The first-order valence-corrected chi connectivity index (χ1v) is 16.7. The van der Waals surface area contributed by atoms with Crippen molar-refractivity contribution in [2.45, 2.75) is 82.7 Å². The fourth-order valence-corrected chi connectivity index (χ4v) is 5.35. The average molecular weight is 747 g/mol. The SMILES string of the molecule is CC(C)(C)OC(=O)CCC(CO)NC(=O)c1cccc(CNC(=O)C2=CC3OCOC3C(OC(=O)c3cccc(C=CC(=O)OCC(F)(F)F)c3)C2)c1. The molecule has 0 spiro atoms. The van der Waals surface area contributed by atoms with Crippen LogP contribution in [0.25, 0.3) is 6.08 Å². The third kappa shape index (κ3) is 13.1. The lowest BCUT2D eigenvalue weighted by atomic mass is 9.91. The summed E-state index contributed by atoms with van der Waals surface area (Å²) in [6.45, 7) is 3.07. The van der Waals surface area contributed by atoms with Gasteiger partial charge in [0.2, 0.25) is 5.91 Å². The third-order valence-corrected chi connectivity index (χ3v) is 7.77. The number of ether oxygens (including phenoxy) is 5. The average Bonchev–Trinajstić information content (AvgIpc) is 3.59. The number of halogens is 3. The fourth-order valence-electron chi connectivity index (χ4n) is 5.35. The molecule has 1 saturated heterocycles. The third-order valence-electron chi connectivity index (χ3n) is 7.77. The highest BCUT2D eigenvalue weighted by Crippen LogP contribution is 2.31. The number of hydrogen-bond acceptors (Lipinski definition) is 11. The van der Waals surface area contributed by atoms with Gasteiger partial charge in [-0.15, -0.1) is 0 Å². The number of rotatable bonds is 14. The Hall–Kier alpha value is -5.06. The van der Waals surface area contributed by atoms with Gasteiger partial charge in [0.15, 0.2) is 6.61 Å². The molecule has 4 rings (SSSR count). The van der Waals surface area contributed by atoms with E-state index in [4.69, 9.17) is 18.9 Å². The van der Waals surface area contributed by atoms with Crippen LogP contribution in [0.2, 0.25) is 0 Å². The van der Waals surface area contributed by atoms with Crippen molar-refractivity contribution in [2.24, 2.45) is 0 Å². The fraction of sp³-hybridized carbons (Fsp3) is 0.432. The maximum atomic E-state index is 13.3. The molecule has 13 nitrogen and oxygen atoms in total. The van der Waals surface area contributed by atoms with Crippen molar-refractivity contribution in [3.05, 3.63) is 88.5 Å². The molecule has 2 aromatic carbocycles. The van der Waals surface area contributed by atoms with Crippen LogP contribution in [0.1, 0.15) is 71.9 Å².